The molecule has 3 aromatic rings. The van der Waals surface area contributed by atoms with Crippen molar-refractivity contribution in [2.24, 2.45) is 7.05 Å². The lowest BCUT2D eigenvalue weighted by Gasteiger charge is -2.16. The van der Waals surface area contributed by atoms with Crippen molar-refractivity contribution in [1.29, 1.82) is 0 Å². The van der Waals surface area contributed by atoms with Gasteiger partial charge in [0.2, 0.25) is 0 Å². The molecular formula is C16H15N5O3. The first-order chi connectivity index (χ1) is 11.5. The van der Waals surface area contributed by atoms with Gasteiger partial charge in [-0.25, -0.2) is 9.97 Å². The number of hydrogen-bond donors (Lipinski definition) is 1. The van der Waals surface area contributed by atoms with Gasteiger partial charge in [-0.3, -0.25) is 14.9 Å². The zero-order chi connectivity index (χ0) is 17.3. The van der Waals surface area contributed by atoms with E-state index in [9.17, 15) is 14.9 Å². The molecular weight excluding hydrogens is 310 g/mol. The Bertz CT molecular complexity index is 969. The summed E-state index contributed by atoms with van der Waals surface area (Å²) in [5, 5.41) is 14.8. The summed E-state index contributed by atoms with van der Waals surface area (Å²) < 4.78 is 1.45. The Hall–Kier alpha value is -3.29. The van der Waals surface area contributed by atoms with Crippen LogP contribution in [0.15, 0.2) is 47.5 Å². The van der Waals surface area contributed by atoms with Crippen molar-refractivity contribution in [3.05, 3.63) is 69.0 Å². The molecule has 0 aliphatic heterocycles. The quantitative estimate of drug-likeness (QED) is 0.583. The summed E-state index contributed by atoms with van der Waals surface area (Å²) in [5.41, 5.74) is 0.876. The normalized spacial score (nSPS) is 12.1. The highest BCUT2D eigenvalue weighted by atomic mass is 16.6. The van der Waals surface area contributed by atoms with Crippen molar-refractivity contribution >= 4 is 22.3 Å². The number of pyridine rings is 1. The molecule has 1 atom stereocenters. The third-order valence-electron chi connectivity index (χ3n) is 3.79. The maximum Gasteiger partial charge on any atom is 0.270 e. The van der Waals surface area contributed by atoms with Crippen molar-refractivity contribution in [1.82, 2.24) is 14.5 Å². The Balaban J connectivity index is 2.12. The third kappa shape index (κ3) is 2.81. The SMILES string of the molecule is C[C@H](Nc1cc(=O)n(C)c2ccc([N+](=O)[O-])cc12)c1ncccn1. The van der Waals surface area contributed by atoms with E-state index in [-0.39, 0.29) is 17.3 Å². The number of hydrogen-bond acceptors (Lipinski definition) is 6. The largest absolute Gasteiger partial charge is 0.375 e. The van der Waals surface area contributed by atoms with Gasteiger partial charge in [0.25, 0.3) is 11.2 Å². The summed E-state index contributed by atoms with van der Waals surface area (Å²) >= 11 is 0. The van der Waals surface area contributed by atoms with Gasteiger partial charge < -0.3 is 9.88 Å². The molecule has 3 rings (SSSR count). The number of nitro groups is 1. The fraction of sp³-hybridized carbons (Fsp3) is 0.188. The van der Waals surface area contributed by atoms with Gasteiger partial charge in [0.05, 0.1) is 16.5 Å². The van der Waals surface area contributed by atoms with Gasteiger partial charge in [0.15, 0.2) is 0 Å². The average molecular weight is 325 g/mol. The second-order valence-electron chi connectivity index (χ2n) is 5.39. The number of rotatable bonds is 4. The standard InChI is InChI=1S/C16H15N5O3/c1-10(16-17-6-3-7-18-16)19-13-9-15(22)20(2)14-5-4-11(21(23)24)8-12(13)14/h3-10,19H,1-2H3/t10-/m0/s1. The zero-order valence-electron chi connectivity index (χ0n) is 13.1. The molecule has 0 saturated carbocycles. The Morgan fingerprint density at radius 3 is 2.62 bits per heavy atom. The second kappa shape index (κ2) is 6.07. The van der Waals surface area contributed by atoms with Crippen molar-refractivity contribution in [3.8, 4) is 0 Å². The second-order valence-corrected chi connectivity index (χ2v) is 5.39. The van der Waals surface area contributed by atoms with Crippen LogP contribution in [0.5, 0.6) is 0 Å². The van der Waals surface area contributed by atoms with E-state index in [1.165, 1.54) is 22.8 Å². The molecule has 0 radical (unpaired) electrons. The molecule has 2 heterocycles. The molecule has 0 fully saturated rings. The number of aryl methyl sites for hydroxylation is 1. The lowest BCUT2D eigenvalue weighted by atomic mass is 10.1. The first-order valence-electron chi connectivity index (χ1n) is 7.29. The van der Waals surface area contributed by atoms with Gasteiger partial charge in [-0.15, -0.1) is 0 Å². The molecule has 0 bridgehead atoms. The number of nitrogens with one attached hydrogen (secondary N) is 1. The summed E-state index contributed by atoms with van der Waals surface area (Å²) in [6.07, 6.45) is 3.26. The van der Waals surface area contributed by atoms with Crippen molar-refractivity contribution < 1.29 is 4.92 Å². The van der Waals surface area contributed by atoms with Gasteiger partial charge in [0.1, 0.15) is 5.82 Å². The number of nitrogens with zero attached hydrogens (tertiary/aromatic N) is 4. The van der Waals surface area contributed by atoms with Gasteiger partial charge in [-0.05, 0) is 19.1 Å². The van der Waals surface area contributed by atoms with E-state index < -0.39 is 4.92 Å². The van der Waals surface area contributed by atoms with E-state index in [1.54, 1.807) is 31.6 Å². The molecule has 0 spiro atoms. The predicted molar refractivity (Wildman–Crippen MR) is 89.9 cm³/mol. The molecule has 1 aromatic carbocycles. The van der Waals surface area contributed by atoms with Crippen LogP contribution in [0.25, 0.3) is 10.9 Å². The Labute approximate surface area is 136 Å². The van der Waals surface area contributed by atoms with E-state index in [2.05, 4.69) is 15.3 Å². The van der Waals surface area contributed by atoms with Gasteiger partial charge in [0, 0.05) is 48.7 Å². The van der Waals surface area contributed by atoms with Crippen LogP contribution in [0.3, 0.4) is 0 Å². The minimum absolute atomic E-state index is 0.0344. The molecule has 8 nitrogen and oxygen atoms in total. The number of fused-ring (bicyclic) bond motifs is 1. The maximum absolute atomic E-state index is 12.1. The zero-order valence-corrected chi connectivity index (χ0v) is 13.1. The lowest BCUT2D eigenvalue weighted by Crippen LogP contribution is -2.19. The van der Waals surface area contributed by atoms with E-state index >= 15 is 0 Å². The first kappa shape index (κ1) is 15.6. The van der Waals surface area contributed by atoms with Crippen LogP contribution in [0, 0.1) is 10.1 Å². The molecule has 24 heavy (non-hydrogen) atoms. The number of benzene rings is 1. The number of anilines is 1. The number of non-ortho nitro benzene ring substituents is 1. The summed E-state index contributed by atoms with van der Waals surface area (Å²) in [6, 6.07) is 7.29. The van der Waals surface area contributed by atoms with Crippen LogP contribution in [0.4, 0.5) is 11.4 Å². The molecule has 1 N–H and O–H groups in total. The lowest BCUT2D eigenvalue weighted by molar-refractivity contribution is -0.384. The summed E-state index contributed by atoms with van der Waals surface area (Å²) in [4.78, 5) is 31.1. The van der Waals surface area contributed by atoms with Gasteiger partial charge >= 0.3 is 0 Å². The van der Waals surface area contributed by atoms with Gasteiger partial charge in [-0.1, -0.05) is 0 Å². The predicted octanol–water partition coefficient (Wildman–Crippen LogP) is 2.41. The average Bonchev–Trinajstić information content (AvgIpc) is 2.59. The highest BCUT2D eigenvalue weighted by Crippen LogP contribution is 2.28. The van der Waals surface area contributed by atoms with E-state index in [1.807, 2.05) is 6.92 Å². The van der Waals surface area contributed by atoms with Crippen LogP contribution in [-0.2, 0) is 7.05 Å². The Kier molecular flexibility index (Phi) is 3.95. The Morgan fingerprint density at radius 1 is 1.25 bits per heavy atom. The number of nitro benzene ring substituents is 1. The summed E-state index contributed by atoms with van der Waals surface area (Å²) in [5.74, 6) is 0.566. The monoisotopic (exact) mass is 325 g/mol. The van der Waals surface area contributed by atoms with Crippen LogP contribution < -0.4 is 10.9 Å². The van der Waals surface area contributed by atoms with E-state index in [4.69, 9.17) is 0 Å². The third-order valence-corrected chi connectivity index (χ3v) is 3.79. The molecule has 0 unspecified atom stereocenters. The summed E-state index contributed by atoms with van der Waals surface area (Å²) in [7, 11) is 1.63. The highest BCUT2D eigenvalue weighted by molar-refractivity contribution is 5.93. The van der Waals surface area contributed by atoms with Crippen molar-refractivity contribution in [2.75, 3.05) is 5.32 Å². The molecule has 8 heteroatoms. The van der Waals surface area contributed by atoms with Crippen molar-refractivity contribution in [3.63, 3.8) is 0 Å². The fourth-order valence-electron chi connectivity index (χ4n) is 2.51. The molecule has 0 amide bonds. The molecule has 0 saturated heterocycles. The van der Waals surface area contributed by atoms with Crippen molar-refractivity contribution in [2.45, 2.75) is 13.0 Å². The van der Waals surface area contributed by atoms with E-state index in [0.717, 1.165) is 0 Å². The molecule has 0 aliphatic rings. The first-order valence-corrected chi connectivity index (χ1v) is 7.29. The topological polar surface area (TPSA) is 103 Å². The van der Waals surface area contributed by atoms with E-state index in [0.29, 0.717) is 22.4 Å². The maximum atomic E-state index is 12.1. The minimum Gasteiger partial charge on any atom is -0.375 e. The molecule has 2 aromatic heterocycles. The summed E-state index contributed by atoms with van der Waals surface area (Å²) in [6.45, 7) is 1.86. The fourth-order valence-corrected chi connectivity index (χ4v) is 2.51. The number of aromatic nitrogens is 3. The van der Waals surface area contributed by atoms with Crippen LogP contribution in [0.1, 0.15) is 18.8 Å². The molecule has 0 aliphatic carbocycles. The van der Waals surface area contributed by atoms with Crippen LogP contribution in [-0.4, -0.2) is 19.5 Å². The van der Waals surface area contributed by atoms with Crippen LogP contribution >= 0.6 is 0 Å². The Morgan fingerprint density at radius 2 is 1.96 bits per heavy atom. The minimum atomic E-state index is -0.460. The molecule has 122 valence electrons. The smallest absolute Gasteiger partial charge is 0.270 e. The van der Waals surface area contributed by atoms with Crippen LogP contribution in [0.2, 0.25) is 0 Å². The highest BCUT2D eigenvalue weighted by Gasteiger charge is 2.15. The van der Waals surface area contributed by atoms with Gasteiger partial charge in [-0.2, -0.15) is 0 Å².